The number of carbonyl (C=O) groups excluding carboxylic acids is 1. The molecule has 0 atom stereocenters. The molecule has 0 amide bonds. The Morgan fingerprint density at radius 3 is 1.43 bits per heavy atom. The zero-order valence-electron chi connectivity index (χ0n) is 13.5. The number of ketones is 1. The third kappa shape index (κ3) is 3.02. The van der Waals surface area contributed by atoms with Crippen LogP contribution in [-0.4, -0.2) is 5.78 Å². The van der Waals surface area contributed by atoms with Gasteiger partial charge in [0.1, 0.15) is 23.3 Å². The Kier molecular flexibility index (Phi) is 4.35. The van der Waals surface area contributed by atoms with Crippen molar-refractivity contribution in [2.75, 3.05) is 0 Å². The summed E-state index contributed by atoms with van der Waals surface area (Å²) in [5, 5.41) is -0.0288. The zero-order valence-corrected chi connectivity index (χ0v) is 15.2. The van der Waals surface area contributed by atoms with E-state index >= 15 is 0 Å². The Hall–Kier alpha value is -2.91. The fourth-order valence-electron chi connectivity index (χ4n) is 2.78. The molecule has 4 aromatic rings. The second-order valence-electron chi connectivity index (χ2n) is 5.84. The molecule has 0 N–H and O–H groups in total. The minimum absolute atomic E-state index is 0.0144. The van der Waals surface area contributed by atoms with Crippen LogP contribution in [0.5, 0.6) is 0 Å². The molecule has 0 saturated carbocycles. The number of rotatable bonds is 2. The fraction of sp³-hybridized carbons (Fsp3) is 0. The summed E-state index contributed by atoms with van der Waals surface area (Å²) in [6, 6.07) is 5.15. The fourth-order valence-corrected chi connectivity index (χ4v) is 4.45. The van der Waals surface area contributed by atoms with E-state index in [1.807, 2.05) is 0 Å². The highest BCUT2D eigenvalue weighted by Gasteiger charge is 2.20. The first-order chi connectivity index (χ1) is 13.2. The number of fused-ring (bicyclic) bond motifs is 2. The van der Waals surface area contributed by atoms with Crippen molar-refractivity contribution in [3.63, 3.8) is 0 Å². The van der Waals surface area contributed by atoms with Gasteiger partial charge in [0.25, 0.3) is 0 Å². The lowest BCUT2D eigenvalue weighted by Crippen LogP contribution is -2.19. The summed E-state index contributed by atoms with van der Waals surface area (Å²) in [5.41, 5.74) is -0.911. The van der Waals surface area contributed by atoms with Crippen LogP contribution in [-0.2, 0) is 0 Å². The molecule has 0 aliphatic rings. The van der Waals surface area contributed by atoms with Gasteiger partial charge >= 0.3 is 0 Å². The first-order valence-electron chi connectivity index (χ1n) is 7.65. The number of benzene rings is 2. The standard InChI is InChI=1S/C19H6F4O3S2/c20-9-1-7-3-11(18(25)27-16(7)13(22)5-9)15(24)12-4-8-2-10(21)6-14(23)17(8)28-19(12)26/h1-6H. The van der Waals surface area contributed by atoms with Crippen LogP contribution in [0, 0.1) is 23.3 Å². The molecule has 140 valence electrons. The molecule has 2 heterocycles. The second-order valence-corrected chi connectivity index (χ2v) is 7.80. The molecule has 4 rings (SSSR count). The third-order valence-electron chi connectivity index (χ3n) is 3.99. The van der Waals surface area contributed by atoms with Crippen LogP contribution in [0.2, 0.25) is 0 Å². The predicted octanol–water partition coefficient (Wildman–Crippen LogP) is 4.62. The summed E-state index contributed by atoms with van der Waals surface area (Å²) < 4.78 is 52.6. The molecule has 0 aliphatic heterocycles. The van der Waals surface area contributed by atoms with E-state index < -0.39 is 49.7 Å². The normalized spacial score (nSPS) is 11.3. The van der Waals surface area contributed by atoms with Crippen LogP contribution in [0.25, 0.3) is 20.2 Å². The highest BCUT2D eigenvalue weighted by Crippen LogP contribution is 2.25. The summed E-state index contributed by atoms with van der Waals surface area (Å²) in [6.45, 7) is 0. The Balaban J connectivity index is 1.95. The van der Waals surface area contributed by atoms with Crippen molar-refractivity contribution < 1.29 is 22.4 Å². The van der Waals surface area contributed by atoms with Gasteiger partial charge in [0.05, 0.1) is 20.5 Å². The quantitative estimate of drug-likeness (QED) is 0.350. The molecular formula is C19H6F4O3S2. The van der Waals surface area contributed by atoms with Gasteiger partial charge in [0.15, 0.2) is 0 Å². The third-order valence-corrected chi connectivity index (χ3v) is 6.07. The Labute approximate surface area is 161 Å². The monoisotopic (exact) mass is 422 g/mol. The van der Waals surface area contributed by atoms with Crippen molar-refractivity contribution in [3.05, 3.63) is 89.9 Å². The van der Waals surface area contributed by atoms with Crippen LogP contribution in [0.15, 0.2) is 46.0 Å². The van der Waals surface area contributed by atoms with Gasteiger partial charge in [-0.2, -0.15) is 0 Å². The van der Waals surface area contributed by atoms with Crippen molar-refractivity contribution in [3.8, 4) is 0 Å². The average Bonchev–Trinajstić information content (AvgIpc) is 2.61. The summed E-state index contributed by atoms with van der Waals surface area (Å²) >= 11 is 0.809. The van der Waals surface area contributed by atoms with Gasteiger partial charge < -0.3 is 0 Å². The molecule has 2 aromatic carbocycles. The van der Waals surface area contributed by atoms with E-state index in [4.69, 9.17) is 0 Å². The maximum absolute atomic E-state index is 13.8. The van der Waals surface area contributed by atoms with Gasteiger partial charge in [-0.3, -0.25) is 14.4 Å². The van der Waals surface area contributed by atoms with Crippen molar-refractivity contribution in [2.45, 2.75) is 0 Å². The van der Waals surface area contributed by atoms with Crippen LogP contribution < -0.4 is 9.48 Å². The van der Waals surface area contributed by atoms with E-state index in [9.17, 15) is 31.9 Å². The molecule has 0 radical (unpaired) electrons. The van der Waals surface area contributed by atoms with Gasteiger partial charge in [0, 0.05) is 12.1 Å². The lowest BCUT2D eigenvalue weighted by atomic mass is 10.1. The van der Waals surface area contributed by atoms with Crippen LogP contribution >= 0.6 is 22.7 Å². The van der Waals surface area contributed by atoms with Crippen molar-refractivity contribution in [1.29, 1.82) is 0 Å². The average molecular weight is 422 g/mol. The number of halogens is 4. The second kappa shape index (κ2) is 6.61. The van der Waals surface area contributed by atoms with Crippen LogP contribution in [0.4, 0.5) is 17.6 Å². The van der Waals surface area contributed by atoms with E-state index in [0.29, 0.717) is 34.8 Å². The van der Waals surface area contributed by atoms with Crippen molar-refractivity contribution in [2.24, 2.45) is 0 Å². The van der Waals surface area contributed by atoms with E-state index in [0.717, 1.165) is 24.3 Å². The molecule has 0 bridgehead atoms. The highest BCUT2D eigenvalue weighted by molar-refractivity contribution is 7.17. The van der Waals surface area contributed by atoms with E-state index in [-0.39, 0.29) is 20.2 Å². The summed E-state index contributed by atoms with van der Waals surface area (Å²) in [4.78, 5) is 37.3. The molecule has 0 saturated heterocycles. The minimum atomic E-state index is -0.986. The molecule has 3 nitrogen and oxygen atoms in total. The zero-order chi connectivity index (χ0) is 20.2. The van der Waals surface area contributed by atoms with Gasteiger partial charge in [0.2, 0.25) is 15.3 Å². The summed E-state index contributed by atoms with van der Waals surface area (Å²) in [7, 11) is 0. The van der Waals surface area contributed by atoms with E-state index in [1.54, 1.807) is 0 Å². The van der Waals surface area contributed by atoms with Gasteiger partial charge in [-0.15, -0.1) is 0 Å². The topological polar surface area (TPSA) is 51.2 Å². The van der Waals surface area contributed by atoms with Crippen molar-refractivity contribution >= 4 is 48.6 Å². The van der Waals surface area contributed by atoms with Gasteiger partial charge in [-0.05, 0) is 35.0 Å². The van der Waals surface area contributed by atoms with Gasteiger partial charge in [-0.1, -0.05) is 22.7 Å². The lowest BCUT2D eigenvalue weighted by molar-refractivity contribution is 0.103. The maximum Gasteiger partial charge on any atom is 0.244 e. The molecule has 9 heteroatoms. The molecule has 0 fully saturated rings. The van der Waals surface area contributed by atoms with Gasteiger partial charge in [-0.25, -0.2) is 17.6 Å². The Morgan fingerprint density at radius 1 is 0.643 bits per heavy atom. The first kappa shape index (κ1) is 18.5. The first-order valence-corrected chi connectivity index (χ1v) is 9.28. The molecule has 2 aromatic heterocycles. The lowest BCUT2D eigenvalue weighted by Gasteiger charge is -2.05. The predicted molar refractivity (Wildman–Crippen MR) is 99.5 cm³/mol. The smallest absolute Gasteiger partial charge is 0.244 e. The number of hydrogen-bond acceptors (Lipinski definition) is 5. The molecule has 0 spiro atoms. The van der Waals surface area contributed by atoms with Crippen LogP contribution in [0.1, 0.15) is 15.9 Å². The summed E-state index contributed by atoms with van der Waals surface area (Å²) in [6.07, 6.45) is 0. The molecule has 28 heavy (non-hydrogen) atoms. The molecule has 0 aliphatic carbocycles. The summed E-state index contributed by atoms with van der Waals surface area (Å²) in [5.74, 6) is -4.66. The SMILES string of the molecule is O=C(c1cc2cc(F)cc(F)c2sc1=O)c1cc2cc(F)cc(F)c2sc1=O. The van der Waals surface area contributed by atoms with Crippen LogP contribution in [0.3, 0.4) is 0 Å². The van der Waals surface area contributed by atoms with Crippen molar-refractivity contribution in [1.82, 2.24) is 0 Å². The Bertz CT molecular complexity index is 1320. The largest absolute Gasteiger partial charge is 0.288 e. The van der Waals surface area contributed by atoms with E-state index in [1.165, 1.54) is 0 Å². The number of hydrogen-bond donors (Lipinski definition) is 0. The maximum atomic E-state index is 13.8. The number of carbonyl (C=O) groups is 1. The van der Waals surface area contributed by atoms with E-state index in [2.05, 4.69) is 0 Å². The highest BCUT2D eigenvalue weighted by atomic mass is 32.1. The minimum Gasteiger partial charge on any atom is -0.288 e. The molecule has 0 unspecified atom stereocenters. The molecular weight excluding hydrogens is 416 g/mol. The Morgan fingerprint density at radius 2 is 1.04 bits per heavy atom.